The van der Waals surface area contributed by atoms with Gasteiger partial charge in [0.2, 0.25) is 5.88 Å². The summed E-state index contributed by atoms with van der Waals surface area (Å²) >= 11 is 0. The quantitative estimate of drug-likeness (QED) is 0.775. The van der Waals surface area contributed by atoms with Gasteiger partial charge in [0.05, 0.1) is 11.6 Å². The summed E-state index contributed by atoms with van der Waals surface area (Å²) in [6, 6.07) is 11.3. The van der Waals surface area contributed by atoms with Gasteiger partial charge < -0.3 is 14.8 Å². The number of H-pyrrole nitrogens is 1. The third-order valence-electron chi connectivity index (χ3n) is 3.14. The Morgan fingerprint density at radius 3 is 2.77 bits per heavy atom. The largest absolute Gasteiger partial charge is 0.478 e. The van der Waals surface area contributed by atoms with Crippen LogP contribution in [0.5, 0.6) is 11.6 Å². The Morgan fingerprint density at radius 2 is 2.05 bits per heavy atom. The molecule has 0 spiro atoms. The van der Waals surface area contributed by atoms with Crippen LogP contribution in [0.25, 0.3) is 10.8 Å². The summed E-state index contributed by atoms with van der Waals surface area (Å²) in [5.41, 5.74) is -0.0642. The molecular weight excluding hydrogens is 284 g/mol. The molecule has 0 saturated carbocycles. The number of hydrogen-bond donors (Lipinski definition) is 2. The molecule has 0 bridgehead atoms. The normalized spacial score (nSPS) is 10.6. The Morgan fingerprint density at radius 1 is 1.23 bits per heavy atom. The fourth-order valence-corrected chi connectivity index (χ4v) is 2.24. The molecule has 0 saturated heterocycles. The highest BCUT2D eigenvalue weighted by Crippen LogP contribution is 2.26. The number of aromatic carboxylic acids is 1. The number of carboxylic acids is 1. The third kappa shape index (κ3) is 2.67. The predicted octanol–water partition coefficient (Wildman–Crippen LogP) is 2.72. The van der Waals surface area contributed by atoms with Gasteiger partial charge in [-0.25, -0.2) is 9.78 Å². The van der Waals surface area contributed by atoms with Gasteiger partial charge in [-0.2, -0.15) is 0 Å². The number of aryl methyl sites for hydroxylation is 1. The SMILES string of the molecule is Cc1nc(Oc2ccc3c(C(=O)O)cccc3c2)cc(=O)[nH]1. The van der Waals surface area contributed by atoms with Gasteiger partial charge in [-0.3, -0.25) is 4.79 Å². The number of ether oxygens (including phenoxy) is 1. The zero-order valence-electron chi connectivity index (χ0n) is 11.7. The lowest BCUT2D eigenvalue weighted by atomic mass is 10.0. The lowest BCUT2D eigenvalue weighted by molar-refractivity contribution is 0.0699. The Kier molecular flexibility index (Phi) is 3.34. The van der Waals surface area contributed by atoms with Crippen molar-refractivity contribution in [3.63, 3.8) is 0 Å². The summed E-state index contributed by atoms with van der Waals surface area (Å²) in [5.74, 6) is 0.144. The third-order valence-corrected chi connectivity index (χ3v) is 3.14. The van der Waals surface area contributed by atoms with Crippen LogP contribution in [0.4, 0.5) is 0 Å². The molecule has 6 heteroatoms. The van der Waals surface area contributed by atoms with Gasteiger partial charge in [0.15, 0.2) is 0 Å². The monoisotopic (exact) mass is 296 g/mol. The Balaban J connectivity index is 2.02. The number of nitrogens with zero attached hydrogens (tertiary/aromatic N) is 1. The van der Waals surface area contributed by atoms with E-state index in [2.05, 4.69) is 9.97 Å². The fraction of sp³-hybridized carbons (Fsp3) is 0.0625. The van der Waals surface area contributed by atoms with Crippen LogP contribution in [0.1, 0.15) is 16.2 Å². The van der Waals surface area contributed by atoms with Gasteiger partial charge in [0, 0.05) is 0 Å². The van der Waals surface area contributed by atoms with Gasteiger partial charge in [-0.15, -0.1) is 0 Å². The predicted molar refractivity (Wildman–Crippen MR) is 80.6 cm³/mol. The van der Waals surface area contributed by atoms with Crippen LogP contribution >= 0.6 is 0 Å². The molecule has 0 radical (unpaired) electrons. The standard InChI is InChI=1S/C16H12N2O4/c1-9-17-14(19)8-15(18-9)22-11-5-6-12-10(7-11)3-2-4-13(12)16(20)21/h2-8H,1H3,(H,20,21)(H,17,18,19). The number of benzene rings is 2. The van der Waals surface area contributed by atoms with Gasteiger partial charge in [0.25, 0.3) is 5.56 Å². The highest BCUT2D eigenvalue weighted by atomic mass is 16.5. The van der Waals surface area contributed by atoms with Gasteiger partial charge >= 0.3 is 5.97 Å². The first kappa shape index (κ1) is 13.8. The van der Waals surface area contributed by atoms with Gasteiger partial charge in [-0.1, -0.05) is 12.1 Å². The van der Waals surface area contributed by atoms with Crippen molar-refractivity contribution < 1.29 is 14.6 Å². The van der Waals surface area contributed by atoms with E-state index in [9.17, 15) is 9.59 Å². The molecule has 1 heterocycles. The number of carbonyl (C=O) groups is 1. The average Bonchev–Trinajstić information content (AvgIpc) is 2.45. The van der Waals surface area contributed by atoms with Crippen molar-refractivity contribution in [2.45, 2.75) is 6.92 Å². The number of aromatic nitrogens is 2. The molecule has 3 aromatic rings. The first-order valence-electron chi connectivity index (χ1n) is 6.55. The minimum atomic E-state index is -0.980. The van der Waals surface area contributed by atoms with Crippen molar-refractivity contribution in [2.24, 2.45) is 0 Å². The second-order valence-electron chi connectivity index (χ2n) is 4.76. The van der Waals surface area contributed by atoms with Gasteiger partial charge in [-0.05, 0) is 42.0 Å². The van der Waals surface area contributed by atoms with E-state index in [0.29, 0.717) is 17.0 Å². The van der Waals surface area contributed by atoms with Crippen LogP contribution in [0.15, 0.2) is 47.3 Å². The molecule has 0 aliphatic heterocycles. The maximum atomic E-state index is 11.4. The molecule has 22 heavy (non-hydrogen) atoms. The van der Waals surface area contributed by atoms with Gasteiger partial charge in [0.1, 0.15) is 11.6 Å². The van der Waals surface area contributed by atoms with E-state index >= 15 is 0 Å². The van der Waals surface area contributed by atoms with E-state index in [1.807, 2.05) is 0 Å². The van der Waals surface area contributed by atoms with Crippen LogP contribution in [0.3, 0.4) is 0 Å². The summed E-state index contributed by atoms with van der Waals surface area (Å²) in [6.07, 6.45) is 0. The second kappa shape index (κ2) is 5.33. The minimum absolute atomic E-state index is 0.190. The molecular formula is C16H12N2O4. The van der Waals surface area contributed by atoms with Crippen LogP contribution in [-0.4, -0.2) is 21.0 Å². The van der Waals surface area contributed by atoms with Crippen molar-refractivity contribution >= 4 is 16.7 Å². The van der Waals surface area contributed by atoms with E-state index in [1.165, 1.54) is 6.07 Å². The lowest BCUT2D eigenvalue weighted by Gasteiger charge is -2.07. The molecule has 2 aromatic carbocycles. The fourth-order valence-electron chi connectivity index (χ4n) is 2.24. The van der Waals surface area contributed by atoms with Crippen LogP contribution in [0, 0.1) is 6.92 Å². The zero-order valence-corrected chi connectivity index (χ0v) is 11.7. The average molecular weight is 296 g/mol. The summed E-state index contributed by atoms with van der Waals surface area (Å²) in [6.45, 7) is 1.66. The number of hydrogen-bond acceptors (Lipinski definition) is 4. The summed E-state index contributed by atoms with van der Waals surface area (Å²) in [4.78, 5) is 29.2. The molecule has 0 atom stereocenters. The summed E-state index contributed by atoms with van der Waals surface area (Å²) in [5, 5.41) is 10.5. The van der Waals surface area contributed by atoms with Crippen molar-refractivity contribution in [3.05, 3.63) is 64.2 Å². The molecule has 110 valence electrons. The summed E-state index contributed by atoms with van der Waals surface area (Å²) in [7, 11) is 0. The summed E-state index contributed by atoms with van der Waals surface area (Å²) < 4.78 is 5.57. The molecule has 6 nitrogen and oxygen atoms in total. The number of nitrogens with one attached hydrogen (secondary N) is 1. The van der Waals surface area contributed by atoms with E-state index in [1.54, 1.807) is 43.3 Å². The Labute approximate surface area is 125 Å². The lowest BCUT2D eigenvalue weighted by Crippen LogP contribution is -2.08. The molecule has 3 rings (SSSR count). The molecule has 1 aromatic heterocycles. The number of rotatable bonds is 3. The van der Waals surface area contributed by atoms with E-state index in [4.69, 9.17) is 9.84 Å². The molecule has 0 amide bonds. The smallest absolute Gasteiger partial charge is 0.336 e. The Hall–Kier alpha value is -3.15. The first-order valence-corrected chi connectivity index (χ1v) is 6.55. The highest BCUT2D eigenvalue weighted by molar-refractivity contribution is 6.03. The Bertz CT molecular complexity index is 931. The number of aromatic amines is 1. The second-order valence-corrected chi connectivity index (χ2v) is 4.76. The molecule has 0 aliphatic rings. The van der Waals surface area contributed by atoms with E-state index < -0.39 is 5.97 Å². The molecule has 0 fully saturated rings. The maximum absolute atomic E-state index is 11.4. The minimum Gasteiger partial charge on any atom is -0.478 e. The van der Waals surface area contributed by atoms with E-state index in [0.717, 1.165) is 5.39 Å². The van der Waals surface area contributed by atoms with Crippen molar-refractivity contribution in [2.75, 3.05) is 0 Å². The van der Waals surface area contributed by atoms with Crippen LogP contribution < -0.4 is 10.3 Å². The van der Waals surface area contributed by atoms with Crippen molar-refractivity contribution in [1.29, 1.82) is 0 Å². The molecule has 2 N–H and O–H groups in total. The molecule has 0 unspecified atom stereocenters. The van der Waals surface area contributed by atoms with Crippen LogP contribution in [0.2, 0.25) is 0 Å². The maximum Gasteiger partial charge on any atom is 0.336 e. The van der Waals surface area contributed by atoms with E-state index in [-0.39, 0.29) is 17.0 Å². The topological polar surface area (TPSA) is 92.3 Å². The zero-order chi connectivity index (χ0) is 15.7. The van der Waals surface area contributed by atoms with Crippen molar-refractivity contribution in [3.8, 4) is 11.6 Å². The van der Waals surface area contributed by atoms with Crippen molar-refractivity contribution in [1.82, 2.24) is 9.97 Å². The number of fused-ring (bicyclic) bond motifs is 1. The molecule has 0 aliphatic carbocycles. The highest BCUT2D eigenvalue weighted by Gasteiger charge is 2.09. The van der Waals surface area contributed by atoms with Crippen LogP contribution in [-0.2, 0) is 0 Å². The first-order chi connectivity index (χ1) is 10.5. The number of carboxylic acid groups (broad SMARTS) is 1.